The van der Waals surface area contributed by atoms with Crippen molar-refractivity contribution in [1.82, 2.24) is 9.97 Å². The summed E-state index contributed by atoms with van der Waals surface area (Å²) >= 11 is 0. The third-order valence-corrected chi connectivity index (χ3v) is 4.30. The maximum Gasteiger partial charge on any atom is 0.229 e. The van der Waals surface area contributed by atoms with Crippen molar-refractivity contribution in [3.63, 3.8) is 0 Å². The number of para-hydroxylation sites is 1. The zero-order valence-corrected chi connectivity index (χ0v) is 15.7. The van der Waals surface area contributed by atoms with Crippen molar-refractivity contribution in [2.75, 3.05) is 22.5 Å². The molecule has 26 heavy (non-hydrogen) atoms. The first kappa shape index (κ1) is 17.7. The van der Waals surface area contributed by atoms with Gasteiger partial charge in [0.1, 0.15) is 5.82 Å². The number of hydrogen-bond donors (Lipinski definition) is 3. The van der Waals surface area contributed by atoms with E-state index in [0.717, 1.165) is 35.0 Å². The van der Waals surface area contributed by atoms with Crippen LogP contribution in [0, 0.1) is 20.8 Å². The highest BCUT2D eigenvalue weighted by atomic mass is 15.1. The Balaban J connectivity index is 1.85. The Labute approximate surface area is 154 Å². The van der Waals surface area contributed by atoms with E-state index >= 15 is 0 Å². The molecule has 0 aliphatic heterocycles. The highest BCUT2D eigenvalue weighted by Crippen LogP contribution is 2.26. The Morgan fingerprint density at radius 1 is 0.885 bits per heavy atom. The predicted octanol–water partition coefficient (Wildman–Crippen LogP) is 5.32. The van der Waals surface area contributed by atoms with E-state index in [9.17, 15) is 0 Å². The van der Waals surface area contributed by atoms with E-state index in [1.807, 2.05) is 43.5 Å². The largest absolute Gasteiger partial charge is 0.385 e. The van der Waals surface area contributed by atoms with Crippen LogP contribution in [0.5, 0.6) is 0 Å². The van der Waals surface area contributed by atoms with E-state index in [2.05, 4.69) is 58.8 Å². The van der Waals surface area contributed by atoms with Gasteiger partial charge in [0.15, 0.2) is 0 Å². The van der Waals surface area contributed by atoms with E-state index < -0.39 is 0 Å². The normalized spacial score (nSPS) is 10.5. The Morgan fingerprint density at radius 2 is 1.65 bits per heavy atom. The monoisotopic (exact) mass is 347 g/mol. The molecule has 0 bridgehead atoms. The molecule has 0 spiro atoms. The number of nitrogens with one attached hydrogen (secondary N) is 3. The second-order valence-corrected chi connectivity index (χ2v) is 6.34. The summed E-state index contributed by atoms with van der Waals surface area (Å²) in [7, 11) is 0. The summed E-state index contributed by atoms with van der Waals surface area (Å²) in [4.78, 5) is 9.06. The maximum atomic E-state index is 4.64. The van der Waals surface area contributed by atoms with Crippen molar-refractivity contribution in [3.05, 3.63) is 65.4 Å². The molecule has 3 aromatic rings. The lowest BCUT2D eigenvalue weighted by Crippen LogP contribution is -2.05. The molecule has 0 atom stereocenters. The summed E-state index contributed by atoms with van der Waals surface area (Å²) in [5.41, 5.74) is 6.58. The second-order valence-electron chi connectivity index (χ2n) is 6.34. The molecule has 0 aliphatic carbocycles. The van der Waals surface area contributed by atoms with E-state index in [1.54, 1.807) is 0 Å². The van der Waals surface area contributed by atoms with Gasteiger partial charge in [-0.25, -0.2) is 4.98 Å². The Bertz CT molecular complexity index is 890. The Kier molecular flexibility index (Phi) is 5.37. The lowest BCUT2D eigenvalue weighted by Gasteiger charge is -2.15. The molecule has 134 valence electrons. The minimum Gasteiger partial charge on any atom is -0.385 e. The van der Waals surface area contributed by atoms with Crippen molar-refractivity contribution in [3.8, 4) is 0 Å². The van der Waals surface area contributed by atoms with E-state index in [4.69, 9.17) is 0 Å². The first-order valence-corrected chi connectivity index (χ1v) is 8.84. The molecule has 0 radical (unpaired) electrons. The molecular weight excluding hydrogens is 322 g/mol. The minimum atomic E-state index is 0.569. The Hall–Kier alpha value is -3.08. The first-order valence-electron chi connectivity index (χ1n) is 8.84. The number of aryl methyl sites for hydroxylation is 2. The van der Waals surface area contributed by atoms with Gasteiger partial charge < -0.3 is 16.0 Å². The fourth-order valence-corrected chi connectivity index (χ4v) is 2.72. The maximum absolute atomic E-state index is 4.64. The number of nitrogens with zero attached hydrogens (tertiary/aromatic N) is 2. The predicted molar refractivity (Wildman–Crippen MR) is 110 cm³/mol. The smallest absolute Gasteiger partial charge is 0.229 e. The fourth-order valence-electron chi connectivity index (χ4n) is 2.72. The van der Waals surface area contributed by atoms with Gasteiger partial charge in [-0.3, -0.25) is 0 Å². The van der Waals surface area contributed by atoms with Crippen LogP contribution in [-0.4, -0.2) is 16.5 Å². The molecule has 0 aliphatic rings. The van der Waals surface area contributed by atoms with Crippen molar-refractivity contribution in [2.24, 2.45) is 0 Å². The van der Waals surface area contributed by atoms with Crippen molar-refractivity contribution in [1.29, 1.82) is 0 Å². The van der Waals surface area contributed by atoms with Crippen molar-refractivity contribution < 1.29 is 0 Å². The van der Waals surface area contributed by atoms with Crippen molar-refractivity contribution in [2.45, 2.75) is 27.7 Å². The van der Waals surface area contributed by atoms with Gasteiger partial charge in [0.2, 0.25) is 5.95 Å². The van der Waals surface area contributed by atoms with Crippen LogP contribution in [0.2, 0.25) is 0 Å². The van der Waals surface area contributed by atoms with Crippen LogP contribution in [0.3, 0.4) is 0 Å². The summed E-state index contributed by atoms with van der Waals surface area (Å²) in [6.07, 6.45) is 1.83. The molecule has 0 fully saturated rings. The molecule has 1 heterocycles. The average molecular weight is 347 g/mol. The van der Waals surface area contributed by atoms with Crippen LogP contribution in [-0.2, 0) is 0 Å². The summed E-state index contributed by atoms with van der Waals surface area (Å²) in [6.45, 7) is 9.21. The van der Waals surface area contributed by atoms with Gasteiger partial charge in [-0.15, -0.1) is 0 Å². The molecule has 0 saturated carbocycles. The lowest BCUT2D eigenvalue weighted by molar-refractivity contribution is 1.13. The van der Waals surface area contributed by atoms with Crippen LogP contribution < -0.4 is 16.0 Å². The molecule has 5 nitrogen and oxygen atoms in total. The topological polar surface area (TPSA) is 61.9 Å². The summed E-state index contributed by atoms with van der Waals surface area (Å²) in [5.74, 6) is 1.36. The highest BCUT2D eigenvalue weighted by Gasteiger charge is 2.08. The molecule has 3 N–H and O–H groups in total. The Morgan fingerprint density at radius 3 is 2.38 bits per heavy atom. The molecule has 1 aromatic heterocycles. The third kappa shape index (κ3) is 4.11. The lowest BCUT2D eigenvalue weighted by atomic mass is 10.1. The van der Waals surface area contributed by atoms with Gasteiger partial charge >= 0.3 is 0 Å². The van der Waals surface area contributed by atoms with Crippen LogP contribution >= 0.6 is 0 Å². The van der Waals surface area contributed by atoms with Crippen molar-refractivity contribution >= 4 is 28.8 Å². The highest BCUT2D eigenvalue weighted by molar-refractivity contribution is 5.68. The van der Waals surface area contributed by atoms with Gasteiger partial charge in [0, 0.05) is 35.4 Å². The number of aromatic nitrogens is 2. The van der Waals surface area contributed by atoms with Gasteiger partial charge in [0.05, 0.1) is 0 Å². The summed E-state index contributed by atoms with van der Waals surface area (Å²) in [6, 6.07) is 14.2. The van der Waals surface area contributed by atoms with Crippen LogP contribution in [0.4, 0.5) is 28.8 Å². The molecule has 0 saturated heterocycles. The molecule has 0 amide bonds. The summed E-state index contributed by atoms with van der Waals surface area (Å²) in [5, 5.41) is 10.1. The van der Waals surface area contributed by atoms with E-state index in [0.29, 0.717) is 5.95 Å². The van der Waals surface area contributed by atoms with E-state index in [1.165, 1.54) is 11.1 Å². The second kappa shape index (κ2) is 7.87. The third-order valence-electron chi connectivity index (χ3n) is 4.30. The van der Waals surface area contributed by atoms with Gasteiger partial charge in [-0.2, -0.15) is 4.98 Å². The number of benzene rings is 2. The minimum absolute atomic E-state index is 0.569. The van der Waals surface area contributed by atoms with Crippen LogP contribution in [0.25, 0.3) is 0 Å². The number of anilines is 5. The first-order chi connectivity index (χ1) is 12.6. The summed E-state index contributed by atoms with van der Waals surface area (Å²) < 4.78 is 0. The zero-order chi connectivity index (χ0) is 18.5. The average Bonchev–Trinajstić information content (AvgIpc) is 2.63. The molecular formula is C21H25N5. The molecule has 3 rings (SSSR count). The van der Waals surface area contributed by atoms with Gasteiger partial charge in [-0.05, 0) is 63.1 Å². The SMILES string of the molecule is CCNc1cc(Nc2ncc(C)c(Nc3ccccc3)n2)cc(C)c1C. The zero-order valence-electron chi connectivity index (χ0n) is 15.7. The van der Waals surface area contributed by atoms with E-state index in [-0.39, 0.29) is 0 Å². The van der Waals surface area contributed by atoms with Crippen LogP contribution in [0.15, 0.2) is 48.7 Å². The number of hydrogen-bond acceptors (Lipinski definition) is 5. The quantitative estimate of drug-likeness (QED) is 0.563. The molecule has 5 heteroatoms. The van der Waals surface area contributed by atoms with Crippen LogP contribution in [0.1, 0.15) is 23.6 Å². The molecule has 2 aromatic carbocycles. The number of rotatable bonds is 6. The van der Waals surface area contributed by atoms with Gasteiger partial charge in [0.25, 0.3) is 0 Å². The fraction of sp³-hybridized carbons (Fsp3) is 0.238. The van der Waals surface area contributed by atoms with Gasteiger partial charge in [-0.1, -0.05) is 18.2 Å². The molecule has 0 unspecified atom stereocenters. The standard InChI is InChI=1S/C21H25N5/c1-5-22-19-12-18(11-14(2)16(19)4)25-21-23-13-15(3)20(26-21)24-17-9-7-6-8-10-17/h6-13,22H,5H2,1-4H3,(H2,23,24,25,26).